The summed E-state index contributed by atoms with van der Waals surface area (Å²) in [7, 11) is 0. The van der Waals surface area contributed by atoms with E-state index in [-0.39, 0.29) is 16.7 Å². The number of hydrogen-bond acceptors (Lipinski definition) is 3. The second kappa shape index (κ2) is 5.56. The summed E-state index contributed by atoms with van der Waals surface area (Å²) in [4.78, 5) is 12.0. The first-order chi connectivity index (χ1) is 9.77. The molecule has 1 N–H and O–H groups in total. The Hall–Kier alpha value is -2.36. The average Bonchev–Trinajstić information content (AvgIpc) is 2.39. The minimum Gasteiger partial charge on any atom is -0.508 e. The predicted molar refractivity (Wildman–Crippen MR) is 78.2 cm³/mol. The molecule has 2 aromatic carbocycles. The van der Waals surface area contributed by atoms with Gasteiger partial charge in [0.2, 0.25) is 0 Å². The van der Waals surface area contributed by atoms with E-state index >= 15 is 0 Å². The zero-order valence-electron chi connectivity index (χ0n) is 12.2. The van der Waals surface area contributed by atoms with Gasteiger partial charge in [-0.2, -0.15) is 0 Å². The summed E-state index contributed by atoms with van der Waals surface area (Å²) in [5.41, 5.74) is 0.526. The van der Waals surface area contributed by atoms with Crippen molar-refractivity contribution in [1.29, 1.82) is 0 Å². The maximum Gasteiger partial charge on any atom is 0.343 e. The van der Waals surface area contributed by atoms with Gasteiger partial charge in [-0.3, -0.25) is 0 Å². The number of phenols is 1. The Morgan fingerprint density at radius 2 is 1.86 bits per heavy atom. The second-order valence-electron chi connectivity index (χ2n) is 5.83. The van der Waals surface area contributed by atoms with Crippen LogP contribution in [0.5, 0.6) is 11.5 Å². The highest BCUT2D eigenvalue weighted by Gasteiger charge is 2.19. The molecule has 0 aliphatic rings. The minimum absolute atomic E-state index is 0.139. The summed E-state index contributed by atoms with van der Waals surface area (Å²) in [6.07, 6.45) is 0. The lowest BCUT2D eigenvalue weighted by atomic mass is 9.86. The van der Waals surface area contributed by atoms with E-state index < -0.39 is 11.8 Å². The molecule has 0 saturated carbocycles. The fourth-order valence-electron chi connectivity index (χ4n) is 1.96. The number of carbonyl (C=O) groups is 1. The van der Waals surface area contributed by atoms with Crippen molar-refractivity contribution in [3.63, 3.8) is 0 Å². The molecule has 2 aromatic rings. The lowest BCUT2D eigenvalue weighted by Crippen LogP contribution is -2.13. The van der Waals surface area contributed by atoms with Gasteiger partial charge in [0.05, 0.1) is 5.56 Å². The zero-order chi connectivity index (χ0) is 15.6. The van der Waals surface area contributed by atoms with Crippen LogP contribution in [0.3, 0.4) is 0 Å². The molecule has 2 rings (SSSR count). The van der Waals surface area contributed by atoms with Gasteiger partial charge in [-0.1, -0.05) is 26.8 Å². The second-order valence-corrected chi connectivity index (χ2v) is 5.83. The summed E-state index contributed by atoms with van der Waals surface area (Å²) in [6.45, 7) is 5.83. The van der Waals surface area contributed by atoms with E-state index in [1.807, 2.05) is 20.8 Å². The Morgan fingerprint density at radius 1 is 1.14 bits per heavy atom. The van der Waals surface area contributed by atoms with Gasteiger partial charge in [0.25, 0.3) is 0 Å². The molecule has 4 heteroatoms. The van der Waals surface area contributed by atoms with E-state index in [0.29, 0.717) is 11.3 Å². The van der Waals surface area contributed by atoms with Crippen molar-refractivity contribution in [1.82, 2.24) is 0 Å². The van der Waals surface area contributed by atoms with Crippen molar-refractivity contribution in [3.8, 4) is 11.5 Å². The average molecular weight is 288 g/mol. The molecular formula is C17H17FO3. The summed E-state index contributed by atoms with van der Waals surface area (Å²) < 4.78 is 18.3. The Balaban J connectivity index is 2.26. The van der Waals surface area contributed by atoms with Crippen LogP contribution >= 0.6 is 0 Å². The SMILES string of the molecule is CC(C)(C)c1cc(OC(=O)c2cccc(F)c2)ccc1O. The maximum absolute atomic E-state index is 13.1. The van der Waals surface area contributed by atoms with Gasteiger partial charge in [0, 0.05) is 5.56 Å². The number of phenolic OH excluding ortho intramolecular Hbond substituents is 1. The number of aromatic hydroxyl groups is 1. The van der Waals surface area contributed by atoms with E-state index in [4.69, 9.17) is 4.74 Å². The minimum atomic E-state index is -0.639. The van der Waals surface area contributed by atoms with Crippen molar-refractivity contribution in [3.05, 3.63) is 59.4 Å². The summed E-state index contributed by atoms with van der Waals surface area (Å²) >= 11 is 0. The fraction of sp³-hybridized carbons (Fsp3) is 0.235. The smallest absolute Gasteiger partial charge is 0.343 e. The fourth-order valence-corrected chi connectivity index (χ4v) is 1.96. The molecule has 21 heavy (non-hydrogen) atoms. The van der Waals surface area contributed by atoms with Crippen LogP contribution in [0.25, 0.3) is 0 Å². The molecule has 0 aliphatic carbocycles. The molecule has 3 nitrogen and oxygen atoms in total. The third kappa shape index (κ3) is 3.60. The van der Waals surface area contributed by atoms with E-state index in [9.17, 15) is 14.3 Å². The van der Waals surface area contributed by atoms with Crippen LogP contribution in [-0.4, -0.2) is 11.1 Å². The molecule has 0 bridgehead atoms. The Kier molecular flexibility index (Phi) is 3.98. The van der Waals surface area contributed by atoms with Crippen LogP contribution < -0.4 is 4.74 Å². The quantitative estimate of drug-likeness (QED) is 0.670. The first kappa shape index (κ1) is 15.0. The number of ether oxygens (including phenoxy) is 1. The van der Waals surface area contributed by atoms with E-state index in [2.05, 4.69) is 0 Å². The van der Waals surface area contributed by atoms with Crippen LogP contribution in [0.1, 0.15) is 36.7 Å². The molecule has 0 heterocycles. The summed E-state index contributed by atoms with van der Waals surface area (Å²) in [5, 5.41) is 9.87. The molecular weight excluding hydrogens is 271 g/mol. The monoisotopic (exact) mass is 288 g/mol. The number of esters is 1. The molecule has 110 valence electrons. The predicted octanol–water partition coefficient (Wildman–Crippen LogP) is 4.05. The lowest BCUT2D eigenvalue weighted by molar-refractivity contribution is 0.0733. The molecule has 0 radical (unpaired) electrons. The first-order valence-corrected chi connectivity index (χ1v) is 6.58. The van der Waals surface area contributed by atoms with Crippen molar-refractivity contribution < 1.29 is 19.0 Å². The van der Waals surface area contributed by atoms with Gasteiger partial charge < -0.3 is 9.84 Å². The highest BCUT2D eigenvalue weighted by Crippen LogP contribution is 2.33. The lowest BCUT2D eigenvalue weighted by Gasteiger charge is -2.21. The molecule has 0 amide bonds. The Morgan fingerprint density at radius 3 is 2.48 bits per heavy atom. The van der Waals surface area contributed by atoms with E-state index in [1.54, 1.807) is 6.07 Å². The Bertz CT molecular complexity index is 672. The largest absolute Gasteiger partial charge is 0.508 e. The van der Waals surface area contributed by atoms with Crippen molar-refractivity contribution >= 4 is 5.97 Å². The van der Waals surface area contributed by atoms with Gasteiger partial charge in [0.1, 0.15) is 17.3 Å². The molecule has 0 atom stereocenters. The standard InChI is InChI=1S/C17H17FO3/c1-17(2,3)14-10-13(7-8-15(14)19)21-16(20)11-5-4-6-12(18)9-11/h4-10,19H,1-3H3. The molecule has 0 saturated heterocycles. The number of benzene rings is 2. The number of carbonyl (C=O) groups excluding carboxylic acids is 1. The Labute approximate surface area is 123 Å². The van der Waals surface area contributed by atoms with Crippen LogP contribution in [0.4, 0.5) is 4.39 Å². The molecule has 0 spiro atoms. The molecule has 0 fully saturated rings. The third-order valence-corrected chi connectivity index (χ3v) is 3.05. The normalized spacial score (nSPS) is 11.2. The van der Waals surface area contributed by atoms with Gasteiger partial charge >= 0.3 is 5.97 Å². The third-order valence-electron chi connectivity index (χ3n) is 3.05. The number of hydrogen-bond donors (Lipinski definition) is 1. The molecule has 0 aromatic heterocycles. The number of rotatable bonds is 2. The zero-order valence-corrected chi connectivity index (χ0v) is 12.2. The topological polar surface area (TPSA) is 46.5 Å². The van der Waals surface area contributed by atoms with E-state index in [1.165, 1.54) is 30.3 Å². The van der Waals surface area contributed by atoms with Crippen molar-refractivity contribution in [2.75, 3.05) is 0 Å². The van der Waals surface area contributed by atoms with Crippen molar-refractivity contribution in [2.24, 2.45) is 0 Å². The summed E-state index contributed by atoms with van der Waals surface area (Å²) in [6, 6.07) is 9.91. The van der Waals surface area contributed by atoms with Crippen LogP contribution in [0.2, 0.25) is 0 Å². The molecule has 0 aliphatic heterocycles. The van der Waals surface area contributed by atoms with Gasteiger partial charge in [-0.25, -0.2) is 9.18 Å². The van der Waals surface area contributed by atoms with Crippen LogP contribution in [0, 0.1) is 5.82 Å². The van der Waals surface area contributed by atoms with Crippen LogP contribution in [0.15, 0.2) is 42.5 Å². The molecule has 0 unspecified atom stereocenters. The number of halogens is 1. The van der Waals surface area contributed by atoms with Gasteiger partial charge in [0.15, 0.2) is 0 Å². The van der Waals surface area contributed by atoms with Crippen molar-refractivity contribution in [2.45, 2.75) is 26.2 Å². The highest BCUT2D eigenvalue weighted by atomic mass is 19.1. The summed E-state index contributed by atoms with van der Waals surface area (Å²) in [5.74, 6) is -0.675. The van der Waals surface area contributed by atoms with Gasteiger partial charge in [-0.15, -0.1) is 0 Å². The van der Waals surface area contributed by atoms with Crippen LogP contribution in [-0.2, 0) is 5.41 Å². The first-order valence-electron chi connectivity index (χ1n) is 6.58. The van der Waals surface area contributed by atoms with E-state index in [0.717, 1.165) is 6.07 Å². The highest BCUT2D eigenvalue weighted by molar-refractivity contribution is 5.91. The maximum atomic E-state index is 13.1. The van der Waals surface area contributed by atoms with Gasteiger partial charge in [-0.05, 0) is 41.8 Å².